The molecule has 9 heteroatoms. The number of ether oxygens (including phenoxy) is 4. The smallest absolute Gasteiger partial charge is 0.319 e. The molecule has 1 atom stereocenters. The van der Waals surface area contributed by atoms with Crippen molar-refractivity contribution in [2.45, 2.75) is 18.9 Å². The lowest BCUT2D eigenvalue weighted by Gasteiger charge is -2.38. The van der Waals surface area contributed by atoms with Crippen LogP contribution in [0.25, 0.3) is 10.9 Å². The lowest BCUT2D eigenvalue weighted by atomic mass is 9.88. The summed E-state index contributed by atoms with van der Waals surface area (Å²) in [6.07, 6.45) is 3.36. The molecule has 0 aliphatic carbocycles. The summed E-state index contributed by atoms with van der Waals surface area (Å²) < 4.78 is 22.8. The third kappa shape index (κ3) is 5.71. The van der Waals surface area contributed by atoms with Gasteiger partial charge in [-0.3, -0.25) is 9.88 Å². The lowest BCUT2D eigenvalue weighted by molar-refractivity contribution is 0.164. The minimum absolute atomic E-state index is 0.0849. The van der Waals surface area contributed by atoms with E-state index in [1.165, 1.54) is 11.1 Å². The van der Waals surface area contributed by atoms with Crippen molar-refractivity contribution in [3.05, 3.63) is 83.6 Å². The Morgan fingerprint density at radius 3 is 2.63 bits per heavy atom. The number of carbonyl (C=O) groups is 1. The first-order chi connectivity index (χ1) is 20.1. The van der Waals surface area contributed by atoms with Crippen LogP contribution in [0.4, 0.5) is 10.5 Å². The summed E-state index contributed by atoms with van der Waals surface area (Å²) in [6.45, 7) is 3.16. The molecule has 1 aromatic heterocycles. The van der Waals surface area contributed by atoms with Crippen molar-refractivity contribution >= 4 is 22.6 Å². The summed E-state index contributed by atoms with van der Waals surface area (Å²) in [5.74, 6) is 3.01. The topological polar surface area (TPSA) is 94.2 Å². The largest absolute Gasteiger partial charge is 0.493 e. The van der Waals surface area contributed by atoms with E-state index in [0.29, 0.717) is 37.8 Å². The van der Waals surface area contributed by atoms with E-state index in [9.17, 15) is 4.79 Å². The highest BCUT2D eigenvalue weighted by Crippen LogP contribution is 2.41. The average Bonchev–Trinajstić information content (AvgIpc) is 3.01. The Morgan fingerprint density at radius 1 is 1.00 bits per heavy atom. The summed E-state index contributed by atoms with van der Waals surface area (Å²) in [5, 5.41) is 6.93. The van der Waals surface area contributed by atoms with Gasteiger partial charge in [-0.2, -0.15) is 0 Å². The molecule has 0 bridgehead atoms. The molecule has 3 heterocycles. The second kappa shape index (κ2) is 11.9. The maximum absolute atomic E-state index is 12.8. The van der Waals surface area contributed by atoms with Crippen molar-refractivity contribution in [3.8, 4) is 23.0 Å². The molecule has 4 aromatic rings. The first kappa shape index (κ1) is 26.7. The van der Waals surface area contributed by atoms with Crippen LogP contribution in [0, 0.1) is 0 Å². The predicted octanol–water partition coefficient (Wildman–Crippen LogP) is 4.99. The van der Waals surface area contributed by atoms with Gasteiger partial charge in [0.05, 0.1) is 25.4 Å². The number of pyridine rings is 1. The van der Waals surface area contributed by atoms with Crippen LogP contribution in [0.2, 0.25) is 0 Å². The summed E-state index contributed by atoms with van der Waals surface area (Å²) in [5.41, 5.74) is 5.20. The third-order valence-corrected chi connectivity index (χ3v) is 7.73. The van der Waals surface area contributed by atoms with Crippen LogP contribution in [0.3, 0.4) is 0 Å². The first-order valence-electron chi connectivity index (χ1n) is 13.9. The molecule has 9 nitrogen and oxygen atoms in total. The van der Waals surface area contributed by atoms with E-state index in [1.807, 2.05) is 42.5 Å². The van der Waals surface area contributed by atoms with E-state index in [4.69, 9.17) is 18.9 Å². The van der Waals surface area contributed by atoms with E-state index < -0.39 is 0 Å². The van der Waals surface area contributed by atoms with Crippen molar-refractivity contribution in [2.75, 3.05) is 52.4 Å². The molecule has 2 aliphatic rings. The molecular formula is C32H34N4O5. The molecule has 0 saturated carbocycles. The summed E-state index contributed by atoms with van der Waals surface area (Å²) >= 11 is 0. The second-order valence-corrected chi connectivity index (χ2v) is 10.1. The normalized spacial score (nSPS) is 16.1. The zero-order valence-corrected chi connectivity index (χ0v) is 23.3. The van der Waals surface area contributed by atoms with Gasteiger partial charge in [0.1, 0.15) is 13.2 Å². The first-order valence-corrected chi connectivity index (χ1v) is 13.9. The van der Waals surface area contributed by atoms with Gasteiger partial charge >= 0.3 is 6.03 Å². The van der Waals surface area contributed by atoms with Gasteiger partial charge in [-0.25, -0.2) is 4.79 Å². The molecule has 1 unspecified atom stereocenters. The van der Waals surface area contributed by atoms with Crippen LogP contribution in [0.1, 0.15) is 22.7 Å². The predicted molar refractivity (Wildman–Crippen MR) is 157 cm³/mol. The van der Waals surface area contributed by atoms with Crippen molar-refractivity contribution < 1.29 is 23.7 Å². The van der Waals surface area contributed by atoms with Crippen LogP contribution in [0.5, 0.6) is 23.0 Å². The van der Waals surface area contributed by atoms with Gasteiger partial charge in [0, 0.05) is 37.3 Å². The van der Waals surface area contributed by atoms with Crippen molar-refractivity contribution in [1.29, 1.82) is 0 Å². The number of hydrogen-bond donors (Lipinski definition) is 2. The highest BCUT2D eigenvalue weighted by molar-refractivity contribution is 6.00. The summed E-state index contributed by atoms with van der Waals surface area (Å²) in [6, 6.07) is 19.7. The minimum atomic E-state index is -0.241. The molecule has 3 aromatic carbocycles. The molecule has 2 amide bonds. The number of hydrogen-bond acceptors (Lipinski definition) is 7. The van der Waals surface area contributed by atoms with Crippen molar-refractivity contribution in [3.63, 3.8) is 0 Å². The molecule has 2 N–H and O–H groups in total. The highest BCUT2D eigenvalue weighted by atomic mass is 16.6. The summed E-state index contributed by atoms with van der Waals surface area (Å²) in [7, 11) is 3.29. The summed E-state index contributed by atoms with van der Waals surface area (Å²) in [4.78, 5) is 19.6. The lowest BCUT2D eigenvalue weighted by Crippen LogP contribution is -2.42. The molecule has 0 radical (unpaired) electrons. The van der Waals surface area contributed by atoms with Crippen LogP contribution in [0.15, 0.2) is 66.9 Å². The van der Waals surface area contributed by atoms with Gasteiger partial charge in [0.25, 0.3) is 0 Å². The van der Waals surface area contributed by atoms with Gasteiger partial charge in [0.2, 0.25) is 0 Å². The molecule has 6 rings (SSSR count). The number of nitrogens with zero attached hydrogens (tertiary/aromatic N) is 2. The van der Waals surface area contributed by atoms with Gasteiger partial charge in [-0.05, 0) is 65.9 Å². The van der Waals surface area contributed by atoms with Gasteiger partial charge in [0.15, 0.2) is 23.0 Å². The zero-order chi connectivity index (χ0) is 28.2. The SMILES string of the molecule is COc1ccc(CC2c3cc4c(cc3CCN2CCNC(=O)Nc2ccnc3ccccc23)OCCO4)cc1OC. The Kier molecular flexibility index (Phi) is 7.78. The fourth-order valence-corrected chi connectivity index (χ4v) is 5.71. The Morgan fingerprint density at radius 2 is 1.80 bits per heavy atom. The van der Waals surface area contributed by atoms with E-state index in [-0.39, 0.29) is 12.1 Å². The van der Waals surface area contributed by atoms with Gasteiger partial charge in [-0.15, -0.1) is 0 Å². The van der Waals surface area contributed by atoms with Gasteiger partial charge < -0.3 is 29.6 Å². The van der Waals surface area contributed by atoms with Gasteiger partial charge in [-0.1, -0.05) is 24.3 Å². The monoisotopic (exact) mass is 554 g/mol. The standard InChI is InChI=1S/C32H34N4O5/c1-38-28-8-7-21(18-29(28)39-2)17-27-24-20-31-30(40-15-16-41-31)19-22(24)10-13-36(27)14-12-34-32(37)35-26-9-11-33-25-6-4-3-5-23(25)26/h3-9,11,18-20,27H,10,12-17H2,1-2H3,(H2,33,34,35,37). The van der Waals surface area contributed by atoms with E-state index in [1.54, 1.807) is 20.4 Å². The minimum Gasteiger partial charge on any atom is -0.493 e. The Labute approximate surface area is 239 Å². The molecule has 0 spiro atoms. The number of carbonyl (C=O) groups excluding carboxylic acids is 1. The maximum atomic E-state index is 12.8. The number of anilines is 1. The number of aromatic nitrogens is 1. The Balaban J connectivity index is 1.19. The molecule has 2 aliphatic heterocycles. The highest BCUT2D eigenvalue weighted by Gasteiger charge is 2.30. The fourth-order valence-electron chi connectivity index (χ4n) is 5.71. The molecule has 41 heavy (non-hydrogen) atoms. The quantitative estimate of drug-likeness (QED) is 0.317. The Hall–Kier alpha value is -4.50. The molecule has 212 valence electrons. The number of urea groups is 1. The van der Waals surface area contributed by atoms with Crippen LogP contribution >= 0.6 is 0 Å². The maximum Gasteiger partial charge on any atom is 0.319 e. The number of methoxy groups -OCH3 is 2. The van der Waals surface area contributed by atoms with E-state index in [2.05, 4.69) is 38.7 Å². The number of rotatable bonds is 8. The number of nitrogens with one attached hydrogen (secondary N) is 2. The fraction of sp³-hybridized carbons (Fsp3) is 0.312. The number of amides is 2. The second-order valence-electron chi connectivity index (χ2n) is 10.1. The number of fused-ring (bicyclic) bond motifs is 3. The molecular weight excluding hydrogens is 520 g/mol. The zero-order valence-electron chi connectivity index (χ0n) is 23.3. The molecule has 0 saturated heterocycles. The van der Waals surface area contributed by atoms with Crippen molar-refractivity contribution in [1.82, 2.24) is 15.2 Å². The van der Waals surface area contributed by atoms with E-state index in [0.717, 1.165) is 53.0 Å². The van der Waals surface area contributed by atoms with Crippen LogP contribution in [-0.2, 0) is 12.8 Å². The van der Waals surface area contributed by atoms with E-state index >= 15 is 0 Å². The van der Waals surface area contributed by atoms with Crippen LogP contribution in [-0.4, -0.2) is 63.0 Å². The number of para-hydroxylation sites is 1. The third-order valence-electron chi connectivity index (χ3n) is 7.73. The van der Waals surface area contributed by atoms with Crippen LogP contribution < -0.4 is 29.6 Å². The van der Waals surface area contributed by atoms with Crippen molar-refractivity contribution in [2.24, 2.45) is 0 Å². The molecule has 0 fully saturated rings. The Bertz CT molecular complexity index is 1550. The average molecular weight is 555 g/mol. The number of benzene rings is 3.